The molecule has 0 radical (unpaired) electrons. The van der Waals surface area contributed by atoms with Gasteiger partial charge in [0.25, 0.3) is 0 Å². The Morgan fingerprint density at radius 3 is 2.49 bits per heavy atom. The van der Waals surface area contributed by atoms with Crippen LogP contribution in [0.4, 0.5) is 4.39 Å². The number of hydrogen-bond donors (Lipinski definition) is 2. The third-order valence-electron chi connectivity index (χ3n) is 9.16. The van der Waals surface area contributed by atoms with Crippen molar-refractivity contribution in [3.8, 4) is 0 Å². The molecule has 0 bridgehead atoms. The SMILES string of the molecule is CC(=O)OCC(=O)[C@@]1(O)[C@H](O)C[C@H]2[C@@H]3CCC4=CC(=O)C=C[C@]4(C)[C@@]3(F)[C@@H](O[Si](C)(C)C)C[C@@]21C. The molecule has 9 heteroatoms. The standard InChI is InChI=1S/C26H37FO7Si/c1-15(28)33-14-21(31)26(32)20(30)12-19-18-8-7-16-11-17(29)9-10-23(16,2)25(18,27)22(13-24(19,26)3)34-35(4,5)6/h9-11,18-20,22,30,32H,7-8,12-14H2,1-6H3/t18-,19-,20+,22-,23-,24-,25-,26-/m0/s1. The van der Waals surface area contributed by atoms with E-state index >= 15 is 4.39 Å². The van der Waals surface area contributed by atoms with Gasteiger partial charge in [0.2, 0.25) is 5.78 Å². The molecule has 2 N–H and O–H groups in total. The number of alkyl halides is 1. The molecule has 4 rings (SSSR count). The van der Waals surface area contributed by atoms with Crippen LogP contribution in [0, 0.1) is 22.7 Å². The number of halogens is 1. The maximum absolute atomic E-state index is 17.9. The molecule has 0 aromatic heterocycles. The zero-order chi connectivity index (χ0) is 26.2. The zero-order valence-corrected chi connectivity index (χ0v) is 22.4. The van der Waals surface area contributed by atoms with E-state index in [0.29, 0.717) is 12.8 Å². The Balaban J connectivity index is 1.84. The quantitative estimate of drug-likeness (QED) is 0.434. The van der Waals surface area contributed by atoms with Crippen molar-refractivity contribution in [1.82, 2.24) is 0 Å². The number of carbonyl (C=O) groups is 3. The average Bonchev–Trinajstić information content (AvgIpc) is 2.94. The lowest BCUT2D eigenvalue weighted by Crippen LogP contribution is -2.71. The molecule has 4 aliphatic carbocycles. The van der Waals surface area contributed by atoms with Crippen LogP contribution in [0.25, 0.3) is 0 Å². The Bertz CT molecular complexity index is 1020. The number of aliphatic hydroxyl groups excluding tert-OH is 1. The smallest absolute Gasteiger partial charge is 0.303 e. The minimum atomic E-state index is -2.32. The van der Waals surface area contributed by atoms with E-state index in [1.807, 2.05) is 19.6 Å². The normalized spacial score (nSPS) is 44.7. The number of rotatable bonds is 5. The van der Waals surface area contributed by atoms with Crippen LogP contribution in [0.2, 0.25) is 19.6 Å². The molecule has 3 saturated carbocycles. The van der Waals surface area contributed by atoms with Gasteiger partial charge >= 0.3 is 5.97 Å². The van der Waals surface area contributed by atoms with Gasteiger partial charge in [0, 0.05) is 23.7 Å². The molecule has 0 aromatic rings. The minimum absolute atomic E-state index is 0.0129. The van der Waals surface area contributed by atoms with Crippen LogP contribution in [-0.4, -0.2) is 66.2 Å². The van der Waals surface area contributed by atoms with Crippen LogP contribution in [0.15, 0.2) is 23.8 Å². The van der Waals surface area contributed by atoms with Crippen LogP contribution < -0.4 is 0 Å². The van der Waals surface area contributed by atoms with Crippen molar-refractivity contribution in [3.63, 3.8) is 0 Å². The maximum atomic E-state index is 17.9. The van der Waals surface area contributed by atoms with Crippen LogP contribution in [-0.2, 0) is 23.5 Å². The number of ether oxygens (including phenoxy) is 1. The van der Waals surface area contributed by atoms with Gasteiger partial charge in [-0.25, -0.2) is 4.39 Å². The zero-order valence-electron chi connectivity index (χ0n) is 21.4. The van der Waals surface area contributed by atoms with Gasteiger partial charge in [-0.3, -0.25) is 14.4 Å². The number of allylic oxidation sites excluding steroid dienone is 4. The average molecular weight is 509 g/mol. The van der Waals surface area contributed by atoms with Crippen LogP contribution >= 0.6 is 0 Å². The highest BCUT2D eigenvalue weighted by molar-refractivity contribution is 6.69. The third kappa shape index (κ3) is 3.64. The van der Waals surface area contributed by atoms with Gasteiger partial charge in [0.15, 0.2) is 32.0 Å². The van der Waals surface area contributed by atoms with Crippen molar-refractivity contribution in [2.75, 3.05) is 6.61 Å². The highest BCUT2D eigenvalue weighted by Gasteiger charge is 2.76. The van der Waals surface area contributed by atoms with Gasteiger partial charge in [-0.2, -0.15) is 0 Å². The van der Waals surface area contributed by atoms with Crippen molar-refractivity contribution >= 4 is 25.9 Å². The first kappa shape index (κ1) is 26.4. The Morgan fingerprint density at radius 2 is 1.89 bits per heavy atom. The number of fused-ring (bicyclic) bond motifs is 5. The second-order valence-corrected chi connectivity index (χ2v) is 16.6. The predicted octanol–water partition coefficient (Wildman–Crippen LogP) is 3.05. The van der Waals surface area contributed by atoms with E-state index in [1.165, 1.54) is 19.1 Å². The van der Waals surface area contributed by atoms with Gasteiger partial charge < -0.3 is 19.4 Å². The lowest BCUT2D eigenvalue weighted by atomic mass is 9.44. The number of hydrogen-bond acceptors (Lipinski definition) is 7. The van der Waals surface area contributed by atoms with Crippen LogP contribution in [0.1, 0.15) is 46.5 Å². The molecule has 3 fully saturated rings. The summed E-state index contributed by atoms with van der Waals surface area (Å²) < 4.78 is 29.3. The molecule has 0 spiro atoms. The predicted molar refractivity (Wildman–Crippen MR) is 129 cm³/mol. The molecule has 194 valence electrons. The molecular formula is C26H37FO7Si. The first-order chi connectivity index (χ1) is 16.0. The lowest BCUT2D eigenvalue weighted by Gasteiger charge is -2.64. The fraction of sp³-hybridized carbons (Fsp3) is 0.731. The van der Waals surface area contributed by atoms with Crippen molar-refractivity contribution < 1.29 is 38.1 Å². The Hall–Kier alpha value is -1.68. The van der Waals surface area contributed by atoms with E-state index in [2.05, 4.69) is 0 Å². The summed E-state index contributed by atoms with van der Waals surface area (Å²) in [4.78, 5) is 36.7. The van der Waals surface area contributed by atoms with Crippen molar-refractivity contribution in [2.45, 2.75) is 89.6 Å². The molecule has 0 unspecified atom stereocenters. The van der Waals surface area contributed by atoms with Crippen LogP contribution in [0.5, 0.6) is 0 Å². The lowest BCUT2D eigenvalue weighted by molar-refractivity contribution is -0.218. The summed E-state index contributed by atoms with van der Waals surface area (Å²) in [5.74, 6) is -2.74. The molecule has 0 aromatic carbocycles. The van der Waals surface area contributed by atoms with E-state index in [0.717, 1.165) is 5.57 Å². The molecule has 0 amide bonds. The van der Waals surface area contributed by atoms with E-state index in [-0.39, 0.29) is 18.6 Å². The summed E-state index contributed by atoms with van der Waals surface area (Å²) in [5, 5.41) is 22.9. The molecule has 35 heavy (non-hydrogen) atoms. The minimum Gasteiger partial charge on any atom is -0.458 e. The number of ketones is 2. The molecule has 0 heterocycles. The number of aliphatic hydroxyl groups is 2. The van der Waals surface area contributed by atoms with Crippen molar-refractivity contribution in [3.05, 3.63) is 23.8 Å². The largest absolute Gasteiger partial charge is 0.458 e. The summed E-state index contributed by atoms with van der Waals surface area (Å²) in [5.41, 5.74) is -5.65. The Morgan fingerprint density at radius 1 is 1.23 bits per heavy atom. The van der Waals surface area contributed by atoms with Gasteiger partial charge in [0.05, 0.1) is 12.2 Å². The van der Waals surface area contributed by atoms with E-state index in [1.54, 1.807) is 19.9 Å². The van der Waals surface area contributed by atoms with Crippen LogP contribution in [0.3, 0.4) is 0 Å². The Kier molecular flexibility index (Phi) is 6.15. The fourth-order valence-electron chi connectivity index (χ4n) is 7.52. The van der Waals surface area contributed by atoms with Gasteiger partial charge in [-0.05, 0) is 70.3 Å². The van der Waals surface area contributed by atoms with E-state index in [4.69, 9.17) is 9.16 Å². The van der Waals surface area contributed by atoms with Crippen molar-refractivity contribution in [2.24, 2.45) is 22.7 Å². The summed E-state index contributed by atoms with van der Waals surface area (Å²) in [6.07, 6.45) is 3.18. The first-order valence-electron chi connectivity index (χ1n) is 12.4. The van der Waals surface area contributed by atoms with Gasteiger partial charge in [-0.15, -0.1) is 0 Å². The topological polar surface area (TPSA) is 110 Å². The fourth-order valence-corrected chi connectivity index (χ4v) is 8.63. The molecule has 8 atom stereocenters. The number of esters is 1. The maximum Gasteiger partial charge on any atom is 0.303 e. The highest BCUT2D eigenvalue weighted by atomic mass is 28.4. The Labute approximate surface area is 206 Å². The summed E-state index contributed by atoms with van der Waals surface area (Å²) in [6.45, 7) is 9.93. The summed E-state index contributed by atoms with van der Waals surface area (Å²) in [7, 11) is -2.32. The molecule has 0 aliphatic heterocycles. The third-order valence-corrected chi connectivity index (χ3v) is 10.2. The summed E-state index contributed by atoms with van der Waals surface area (Å²) in [6, 6.07) is 0. The monoisotopic (exact) mass is 508 g/mol. The second kappa shape index (κ2) is 8.16. The van der Waals surface area contributed by atoms with E-state index in [9.17, 15) is 24.6 Å². The van der Waals surface area contributed by atoms with Gasteiger partial charge in [0.1, 0.15) is 0 Å². The van der Waals surface area contributed by atoms with Gasteiger partial charge in [-0.1, -0.05) is 18.6 Å². The molecule has 0 saturated heterocycles. The highest BCUT2D eigenvalue weighted by Crippen LogP contribution is 2.70. The number of carbonyl (C=O) groups excluding carboxylic acids is 3. The molecule has 7 nitrogen and oxygen atoms in total. The first-order valence-corrected chi connectivity index (χ1v) is 15.8. The second-order valence-electron chi connectivity index (χ2n) is 12.2. The summed E-state index contributed by atoms with van der Waals surface area (Å²) >= 11 is 0. The number of Topliss-reactive ketones (excluding diaryl/α,β-unsaturated/α-hetero) is 1. The molecule has 4 aliphatic rings. The van der Waals surface area contributed by atoms with E-state index < -0.39 is 72.8 Å². The molecular weight excluding hydrogens is 471 g/mol. The van der Waals surface area contributed by atoms with Crippen molar-refractivity contribution in [1.29, 1.82) is 0 Å².